The number of amides is 1. The molecular weight excluding hydrogens is 443 g/mol. The average Bonchev–Trinajstić information content (AvgIpc) is 2.75. The predicted molar refractivity (Wildman–Crippen MR) is 132 cm³/mol. The van der Waals surface area contributed by atoms with E-state index in [-0.39, 0.29) is 18.0 Å². The van der Waals surface area contributed by atoms with Crippen molar-refractivity contribution in [2.45, 2.75) is 65.1 Å². The Morgan fingerprint density at radius 3 is 2.36 bits per heavy atom. The van der Waals surface area contributed by atoms with Crippen LogP contribution in [0.3, 0.4) is 0 Å². The Morgan fingerprint density at radius 1 is 1.15 bits per heavy atom. The molecule has 0 saturated heterocycles. The smallest absolute Gasteiger partial charge is 0.251 e. The molecule has 1 fully saturated rings. The molecule has 0 radical (unpaired) electrons. The van der Waals surface area contributed by atoms with E-state index in [1.807, 2.05) is 13.0 Å². The Kier molecular flexibility index (Phi) is 8.19. The largest absolute Gasteiger partial charge is 0.369 e. The molecule has 1 amide bonds. The number of anilines is 1. The van der Waals surface area contributed by atoms with Crippen molar-refractivity contribution in [3.63, 3.8) is 0 Å². The maximum absolute atomic E-state index is 14.2. The first-order valence-electron chi connectivity index (χ1n) is 11.5. The number of aryl methyl sites for hydroxylation is 1. The zero-order chi connectivity index (χ0) is 24.3. The molecule has 0 unspecified atom stereocenters. The van der Waals surface area contributed by atoms with Crippen molar-refractivity contribution in [1.82, 2.24) is 15.2 Å². The number of halogens is 2. The number of rotatable bonds is 7. The van der Waals surface area contributed by atoms with E-state index >= 15 is 0 Å². The van der Waals surface area contributed by atoms with Crippen LogP contribution in [-0.4, -0.2) is 48.5 Å². The molecule has 1 aromatic carbocycles. The molecule has 3 rings (SSSR count). The highest BCUT2D eigenvalue weighted by Crippen LogP contribution is 2.34. The Balaban J connectivity index is 1.81. The third-order valence-electron chi connectivity index (χ3n) is 6.72. The number of aromatic amines is 1. The van der Waals surface area contributed by atoms with Crippen molar-refractivity contribution in [1.29, 1.82) is 0 Å². The first-order chi connectivity index (χ1) is 15.6. The van der Waals surface area contributed by atoms with Gasteiger partial charge < -0.3 is 20.1 Å². The van der Waals surface area contributed by atoms with Crippen LogP contribution in [0.25, 0.3) is 0 Å². The predicted octanol–water partition coefficient (Wildman–Crippen LogP) is 4.41. The lowest BCUT2D eigenvalue weighted by atomic mass is 9.89. The second-order valence-electron chi connectivity index (χ2n) is 9.10. The van der Waals surface area contributed by atoms with Gasteiger partial charge in [0.1, 0.15) is 0 Å². The van der Waals surface area contributed by atoms with Gasteiger partial charge in [-0.25, -0.2) is 0 Å². The minimum absolute atomic E-state index is 0.0957. The van der Waals surface area contributed by atoms with E-state index in [1.54, 1.807) is 13.0 Å². The van der Waals surface area contributed by atoms with E-state index in [0.29, 0.717) is 28.4 Å². The van der Waals surface area contributed by atoms with Gasteiger partial charge in [0.05, 0.1) is 12.1 Å². The van der Waals surface area contributed by atoms with Gasteiger partial charge in [0.2, 0.25) is 0 Å². The minimum Gasteiger partial charge on any atom is -0.369 e. The monoisotopic (exact) mass is 476 g/mol. The molecule has 8 heteroatoms. The van der Waals surface area contributed by atoms with Crippen LogP contribution < -0.4 is 15.6 Å². The molecule has 0 atom stereocenters. The fourth-order valence-corrected chi connectivity index (χ4v) is 5.03. The van der Waals surface area contributed by atoms with Crippen molar-refractivity contribution in [2.75, 3.05) is 25.5 Å². The second-order valence-corrected chi connectivity index (χ2v) is 9.54. The molecule has 1 aromatic heterocycles. The fourth-order valence-electron chi connectivity index (χ4n) is 4.82. The Morgan fingerprint density at radius 2 is 1.79 bits per heavy atom. The summed E-state index contributed by atoms with van der Waals surface area (Å²) in [5.74, 6) is -1.11. The van der Waals surface area contributed by atoms with Gasteiger partial charge in [-0.05, 0) is 78.2 Å². The van der Waals surface area contributed by atoms with Crippen molar-refractivity contribution >= 4 is 23.2 Å². The number of hydrogen-bond donors (Lipinski definition) is 2. The Bertz CT molecular complexity index is 1060. The second kappa shape index (κ2) is 10.7. The molecule has 2 N–H and O–H groups in total. The summed E-state index contributed by atoms with van der Waals surface area (Å²) in [6, 6.07) is 5.85. The lowest BCUT2D eigenvalue weighted by Gasteiger charge is -2.40. The van der Waals surface area contributed by atoms with Crippen molar-refractivity contribution < 1.29 is 9.18 Å². The van der Waals surface area contributed by atoms with Crippen LogP contribution in [0.2, 0.25) is 5.02 Å². The molecule has 6 nitrogen and oxygen atoms in total. The molecule has 0 bridgehead atoms. The fraction of sp³-hybridized carbons (Fsp3) is 0.520. The zero-order valence-corrected chi connectivity index (χ0v) is 20.9. The van der Waals surface area contributed by atoms with Crippen LogP contribution in [0, 0.1) is 19.8 Å². The molecule has 2 aromatic rings. The number of nitrogens with zero attached hydrogens (tertiary/aromatic N) is 2. The van der Waals surface area contributed by atoms with Gasteiger partial charge >= 0.3 is 0 Å². The first-order valence-corrected chi connectivity index (χ1v) is 11.9. The highest BCUT2D eigenvalue weighted by molar-refractivity contribution is 6.31. The maximum atomic E-state index is 14.2. The standard InChI is InChI=1S/C25H34ClFN4O2/c1-6-31(19-9-7-18(8-10-19)30(4)5)22-13-17(26)12-20(16(22)3)25(33)28-14-21-23(32)11-15(2)29-24(21)27/h11-13,18-19H,6-10,14H2,1-5H3,(H,28,33)(H,29,32)/t18-,19-. The Labute approximate surface area is 200 Å². The zero-order valence-electron chi connectivity index (χ0n) is 20.1. The van der Waals surface area contributed by atoms with Crippen LogP contribution in [0.1, 0.15) is 59.8 Å². The number of carbonyl (C=O) groups excluding carboxylic acids is 1. The molecule has 1 aliphatic rings. The molecule has 0 aliphatic heterocycles. The molecule has 1 saturated carbocycles. The van der Waals surface area contributed by atoms with Crippen molar-refractivity contribution in [2.24, 2.45) is 0 Å². The summed E-state index contributed by atoms with van der Waals surface area (Å²) >= 11 is 6.43. The number of pyridine rings is 1. The number of benzene rings is 1. The number of H-pyrrole nitrogens is 1. The summed E-state index contributed by atoms with van der Waals surface area (Å²) in [6.45, 7) is 6.24. The molecule has 0 spiro atoms. The van der Waals surface area contributed by atoms with Gasteiger partial charge in [0.25, 0.3) is 5.91 Å². The van der Waals surface area contributed by atoms with Gasteiger partial charge in [-0.3, -0.25) is 9.59 Å². The molecule has 180 valence electrons. The highest BCUT2D eigenvalue weighted by Gasteiger charge is 2.28. The van der Waals surface area contributed by atoms with E-state index < -0.39 is 11.4 Å². The van der Waals surface area contributed by atoms with Crippen LogP contribution in [0.5, 0.6) is 0 Å². The van der Waals surface area contributed by atoms with Crippen LogP contribution in [-0.2, 0) is 6.54 Å². The summed E-state index contributed by atoms with van der Waals surface area (Å²) in [6.07, 6.45) is 4.44. The molecular formula is C25H34ClFN4O2. The summed E-state index contributed by atoms with van der Waals surface area (Å²) in [7, 11) is 4.26. The lowest BCUT2D eigenvalue weighted by molar-refractivity contribution is 0.0950. The summed E-state index contributed by atoms with van der Waals surface area (Å²) in [5, 5.41) is 3.16. The highest BCUT2D eigenvalue weighted by atomic mass is 35.5. The SMILES string of the molecule is CCN(c1cc(Cl)cc(C(=O)NCc2c(F)[nH]c(C)cc2=O)c1C)[C@H]1CC[C@H](N(C)C)CC1. The van der Waals surface area contributed by atoms with Gasteiger partial charge in [0.15, 0.2) is 11.4 Å². The normalized spacial score (nSPS) is 18.4. The van der Waals surface area contributed by atoms with E-state index in [1.165, 1.54) is 6.07 Å². The number of aromatic nitrogens is 1. The van der Waals surface area contributed by atoms with Crippen LogP contribution >= 0.6 is 11.6 Å². The quantitative estimate of drug-likeness (QED) is 0.581. The van der Waals surface area contributed by atoms with Gasteiger partial charge in [0, 0.05) is 46.7 Å². The maximum Gasteiger partial charge on any atom is 0.251 e. The molecule has 33 heavy (non-hydrogen) atoms. The average molecular weight is 477 g/mol. The van der Waals surface area contributed by atoms with E-state index in [4.69, 9.17) is 11.6 Å². The summed E-state index contributed by atoms with van der Waals surface area (Å²) < 4.78 is 14.2. The third kappa shape index (κ3) is 5.76. The minimum atomic E-state index is -0.728. The van der Waals surface area contributed by atoms with Gasteiger partial charge in [-0.15, -0.1) is 0 Å². The molecule has 1 heterocycles. The topological polar surface area (TPSA) is 68.4 Å². The first kappa shape index (κ1) is 25.2. The van der Waals surface area contributed by atoms with Crippen molar-refractivity contribution in [3.8, 4) is 0 Å². The van der Waals surface area contributed by atoms with E-state index in [9.17, 15) is 14.0 Å². The van der Waals surface area contributed by atoms with Gasteiger partial charge in [-0.2, -0.15) is 4.39 Å². The van der Waals surface area contributed by atoms with Gasteiger partial charge in [-0.1, -0.05) is 11.6 Å². The van der Waals surface area contributed by atoms with E-state index in [2.05, 4.69) is 41.1 Å². The van der Waals surface area contributed by atoms with Crippen LogP contribution in [0.15, 0.2) is 23.0 Å². The Hall–Kier alpha value is -2.38. The third-order valence-corrected chi connectivity index (χ3v) is 6.94. The number of nitrogens with one attached hydrogen (secondary N) is 2. The van der Waals surface area contributed by atoms with E-state index in [0.717, 1.165) is 43.5 Å². The van der Waals surface area contributed by atoms with Crippen LogP contribution in [0.4, 0.5) is 10.1 Å². The summed E-state index contributed by atoms with van der Waals surface area (Å²) in [4.78, 5) is 32.2. The summed E-state index contributed by atoms with van der Waals surface area (Å²) in [5.41, 5.74) is 2.10. The number of hydrogen-bond acceptors (Lipinski definition) is 4. The number of carbonyl (C=O) groups is 1. The lowest BCUT2D eigenvalue weighted by Crippen LogP contribution is -2.42. The molecule has 1 aliphatic carbocycles. The van der Waals surface area contributed by atoms with Crippen molar-refractivity contribution in [3.05, 3.63) is 61.8 Å².